The zero-order valence-electron chi connectivity index (χ0n) is 17.4. The van der Waals surface area contributed by atoms with Gasteiger partial charge in [0.15, 0.2) is 16.6 Å². The highest BCUT2D eigenvalue weighted by Gasteiger charge is 2.42. The molecule has 2 atom stereocenters. The van der Waals surface area contributed by atoms with E-state index in [2.05, 4.69) is 66.2 Å². The van der Waals surface area contributed by atoms with E-state index in [-0.39, 0.29) is 18.9 Å². The minimum atomic E-state index is -0.137. The van der Waals surface area contributed by atoms with Gasteiger partial charge in [0.2, 0.25) is 6.79 Å². The maximum absolute atomic E-state index is 5.86. The lowest BCUT2D eigenvalue weighted by Gasteiger charge is -2.29. The van der Waals surface area contributed by atoms with Crippen LogP contribution in [0.15, 0.2) is 89.7 Å². The summed E-state index contributed by atoms with van der Waals surface area (Å²) in [6, 6.07) is 24.1. The average Bonchev–Trinajstić information content (AvgIpc) is 3.57. The molecule has 1 fully saturated rings. The van der Waals surface area contributed by atoms with Crippen LogP contribution in [0.2, 0.25) is 0 Å². The Kier molecular flexibility index (Phi) is 5.04. The number of halogens is 1. The monoisotopic (exact) mass is 518 g/mol. The quantitative estimate of drug-likeness (QED) is 0.358. The van der Waals surface area contributed by atoms with E-state index in [1.807, 2.05) is 54.7 Å². The molecule has 2 aromatic heterocycles. The highest BCUT2D eigenvalue weighted by Crippen LogP contribution is 2.44. The van der Waals surface area contributed by atoms with E-state index in [0.717, 1.165) is 38.7 Å². The standard InChI is InChI=1S/C25H19BrN4O2S/c26-16-5-3-6-17(13-16)29-12-4-8-20(29)24-23(19-7-1-2-11-27-19)28-25(33)30(24)18-9-10-21-22(14-18)32-15-31-21/h1-14,23-24H,15H2,(H,28,33)/t23-,24-/m0/s1. The first-order valence-corrected chi connectivity index (χ1v) is 11.7. The van der Waals surface area contributed by atoms with Crippen LogP contribution in [0.3, 0.4) is 0 Å². The smallest absolute Gasteiger partial charge is 0.231 e. The highest BCUT2D eigenvalue weighted by atomic mass is 79.9. The van der Waals surface area contributed by atoms with Gasteiger partial charge in [0.1, 0.15) is 6.04 Å². The number of ether oxygens (including phenoxy) is 2. The van der Waals surface area contributed by atoms with E-state index in [9.17, 15) is 0 Å². The topological polar surface area (TPSA) is 51.6 Å². The van der Waals surface area contributed by atoms with E-state index in [1.54, 1.807) is 0 Å². The Hall–Kier alpha value is -3.36. The molecule has 0 radical (unpaired) electrons. The molecule has 0 unspecified atom stereocenters. The van der Waals surface area contributed by atoms with Crippen molar-refractivity contribution in [3.05, 3.63) is 101 Å². The lowest BCUT2D eigenvalue weighted by molar-refractivity contribution is 0.174. The molecular weight excluding hydrogens is 500 g/mol. The van der Waals surface area contributed by atoms with Crippen LogP contribution in [0.1, 0.15) is 23.5 Å². The van der Waals surface area contributed by atoms with Crippen LogP contribution in [-0.2, 0) is 0 Å². The summed E-state index contributed by atoms with van der Waals surface area (Å²) in [5, 5.41) is 4.15. The van der Waals surface area contributed by atoms with Gasteiger partial charge in [-0.15, -0.1) is 0 Å². The van der Waals surface area contributed by atoms with Crippen molar-refractivity contribution in [3.63, 3.8) is 0 Å². The Balaban J connectivity index is 1.51. The first-order chi connectivity index (χ1) is 16.2. The lowest BCUT2D eigenvalue weighted by Crippen LogP contribution is -2.30. The second-order valence-electron chi connectivity index (χ2n) is 7.82. The van der Waals surface area contributed by atoms with Gasteiger partial charge in [0.25, 0.3) is 0 Å². The molecule has 2 aliphatic heterocycles. The maximum atomic E-state index is 5.86. The van der Waals surface area contributed by atoms with Gasteiger partial charge in [-0.2, -0.15) is 0 Å². The van der Waals surface area contributed by atoms with Gasteiger partial charge in [-0.05, 0) is 66.8 Å². The fourth-order valence-corrected chi connectivity index (χ4v) is 5.20. The number of benzene rings is 2. The number of nitrogens with zero attached hydrogens (tertiary/aromatic N) is 3. The Morgan fingerprint density at radius 1 is 0.939 bits per heavy atom. The fourth-order valence-electron chi connectivity index (χ4n) is 4.46. The summed E-state index contributed by atoms with van der Waals surface area (Å²) in [5.41, 5.74) is 4.01. The molecule has 2 aromatic carbocycles. The van der Waals surface area contributed by atoms with Gasteiger partial charge in [0.05, 0.1) is 11.7 Å². The number of anilines is 1. The van der Waals surface area contributed by atoms with E-state index < -0.39 is 0 Å². The zero-order chi connectivity index (χ0) is 22.4. The van der Waals surface area contributed by atoms with Crippen molar-refractivity contribution in [2.75, 3.05) is 11.7 Å². The molecule has 0 spiro atoms. The van der Waals surface area contributed by atoms with Crippen molar-refractivity contribution in [1.82, 2.24) is 14.9 Å². The molecule has 0 aliphatic carbocycles. The summed E-state index contributed by atoms with van der Waals surface area (Å²) >= 11 is 9.46. The number of aromatic nitrogens is 2. The van der Waals surface area contributed by atoms with Gasteiger partial charge in [0, 0.05) is 40.0 Å². The number of hydrogen-bond acceptors (Lipinski definition) is 4. The summed E-state index contributed by atoms with van der Waals surface area (Å²) < 4.78 is 14.4. The summed E-state index contributed by atoms with van der Waals surface area (Å²) in [6.45, 7) is 0.229. The summed E-state index contributed by atoms with van der Waals surface area (Å²) in [6.07, 6.45) is 3.89. The van der Waals surface area contributed by atoms with Crippen LogP contribution >= 0.6 is 28.1 Å². The van der Waals surface area contributed by atoms with E-state index >= 15 is 0 Å². The van der Waals surface area contributed by atoms with Gasteiger partial charge < -0.3 is 24.3 Å². The van der Waals surface area contributed by atoms with Crippen molar-refractivity contribution in [1.29, 1.82) is 0 Å². The number of fused-ring (bicyclic) bond motifs is 1. The van der Waals surface area contributed by atoms with Crippen molar-refractivity contribution < 1.29 is 9.47 Å². The molecule has 6 rings (SSSR count). The molecule has 2 aliphatic rings. The average molecular weight is 519 g/mol. The minimum absolute atomic E-state index is 0.134. The van der Waals surface area contributed by atoms with E-state index in [4.69, 9.17) is 21.7 Å². The Labute approximate surface area is 204 Å². The lowest BCUT2D eigenvalue weighted by atomic mass is 10.0. The van der Waals surface area contributed by atoms with Gasteiger partial charge >= 0.3 is 0 Å². The molecular formula is C25H19BrN4O2S. The van der Waals surface area contributed by atoms with Crippen LogP contribution in [0, 0.1) is 0 Å². The molecule has 33 heavy (non-hydrogen) atoms. The van der Waals surface area contributed by atoms with E-state index in [0.29, 0.717) is 5.11 Å². The molecule has 164 valence electrons. The molecule has 0 amide bonds. The highest BCUT2D eigenvalue weighted by molar-refractivity contribution is 9.10. The minimum Gasteiger partial charge on any atom is -0.454 e. The molecule has 6 nitrogen and oxygen atoms in total. The molecule has 8 heteroatoms. The third-order valence-electron chi connectivity index (χ3n) is 5.90. The predicted molar refractivity (Wildman–Crippen MR) is 134 cm³/mol. The first-order valence-electron chi connectivity index (χ1n) is 10.5. The number of pyridine rings is 1. The summed E-state index contributed by atoms with van der Waals surface area (Å²) in [7, 11) is 0. The number of hydrogen-bond donors (Lipinski definition) is 1. The zero-order valence-corrected chi connectivity index (χ0v) is 19.8. The van der Waals surface area contributed by atoms with Gasteiger partial charge in [-0.1, -0.05) is 28.1 Å². The second kappa shape index (κ2) is 8.20. The van der Waals surface area contributed by atoms with Crippen LogP contribution in [-0.4, -0.2) is 21.5 Å². The van der Waals surface area contributed by atoms with Crippen LogP contribution < -0.4 is 19.7 Å². The first kappa shape index (κ1) is 20.3. The normalized spacial score (nSPS) is 19.1. The van der Waals surface area contributed by atoms with Crippen molar-refractivity contribution >= 4 is 38.9 Å². The summed E-state index contributed by atoms with van der Waals surface area (Å²) in [5.74, 6) is 1.46. The summed E-state index contributed by atoms with van der Waals surface area (Å²) in [4.78, 5) is 6.79. The fraction of sp³-hybridized carbons (Fsp3) is 0.120. The van der Waals surface area contributed by atoms with Crippen LogP contribution in [0.25, 0.3) is 5.69 Å². The van der Waals surface area contributed by atoms with Crippen LogP contribution in [0.4, 0.5) is 5.69 Å². The third kappa shape index (κ3) is 3.55. The second-order valence-corrected chi connectivity index (χ2v) is 9.12. The van der Waals surface area contributed by atoms with Gasteiger partial charge in [-0.25, -0.2) is 0 Å². The van der Waals surface area contributed by atoms with Crippen molar-refractivity contribution in [3.8, 4) is 17.2 Å². The maximum Gasteiger partial charge on any atom is 0.231 e. The SMILES string of the molecule is S=C1N[C@@H](c2ccccn2)[C@H](c2cccn2-c2cccc(Br)c2)N1c1ccc2c(c1)OCO2. The van der Waals surface area contributed by atoms with E-state index in [1.165, 1.54) is 0 Å². The molecule has 0 bridgehead atoms. The van der Waals surface area contributed by atoms with Crippen molar-refractivity contribution in [2.24, 2.45) is 0 Å². The molecule has 4 heterocycles. The molecule has 4 aromatic rings. The van der Waals surface area contributed by atoms with Crippen molar-refractivity contribution in [2.45, 2.75) is 12.1 Å². The molecule has 0 saturated carbocycles. The Morgan fingerprint density at radius 3 is 2.70 bits per heavy atom. The predicted octanol–water partition coefficient (Wildman–Crippen LogP) is 5.54. The number of nitrogens with one attached hydrogen (secondary N) is 1. The number of thiocarbonyl (C=S) groups is 1. The van der Waals surface area contributed by atoms with Crippen LogP contribution in [0.5, 0.6) is 11.5 Å². The Morgan fingerprint density at radius 2 is 1.85 bits per heavy atom. The molecule has 1 N–H and O–H groups in total. The largest absolute Gasteiger partial charge is 0.454 e. The third-order valence-corrected chi connectivity index (χ3v) is 6.71. The molecule has 1 saturated heterocycles. The van der Waals surface area contributed by atoms with Gasteiger partial charge in [-0.3, -0.25) is 4.98 Å². The number of rotatable bonds is 4. The Bertz CT molecular complexity index is 1340.